The molecule has 0 aromatic heterocycles. The van der Waals surface area contributed by atoms with E-state index in [4.69, 9.17) is 5.11 Å². The second kappa shape index (κ2) is 4.43. The highest BCUT2D eigenvalue weighted by Gasteiger charge is 2.08. The topological polar surface area (TPSA) is 20.2 Å². The molecule has 1 nitrogen and oxygen atoms in total. The van der Waals surface area contributed by atoms with E-state index in [0.29, 0.717) is 0 Å². The molecule has 1 unspecified atom stereocenters. The third-order valence-corrected chi connectivity index (χ3v) is 2.34. The highest BCUT2D eigenvalue weighted by atomic mass is 16.3. The first kappa shape index (κ1) is 10.3. The summed E-state index contributed by atoms with van der Waals surface area (Å²) in [5, 5.41) is 9.04. The van der Waals surface area contributed by atoms with Gasteiger partial charge in [-0.3, -0.25) is 0 Å². The summed E-state index contributed by atoms with van der Waals surface area (Å²) in [5.41, 5.74) is 3.71. The number of rotatable bonds is 3. The largest absolute Gasteiger partial charge is 0.396 e. The Kier molecular flexibility index (Phi) is 3.49. The zero-order chi connectivity index (χ0) is 9.84. The second-order valence-electron chi connectivity index (χ2n) is 3.44. The molecule has 0 saturated carbocycles. The van der Waals surface area contributed by atoms with Gasteiger partial charge in [0.05, 0.1) is 0 Å². The van der Waals surface area contributed by atoms with Crippen molar-refractivity contribution in [3.8, 4) is 0 Å². The van der Waals surface area contributed by atoms with Crippen molar-refractivity contribution in [2.75, 3.05) is 6.61 Å². The molecule has 0 aliphatic heterocycles. The molecule has 0 fully saturated rings. The molecular weight excluding hydrogens is 160 g/mol. The quantitative estimate of drug-likeness (QED) is 0.752. The van der Waals surface area contributed by atoms with E-state index in [1.54, 1.807) is 0 Å². The lowest BCUT2D eigenvalue weighted by Crippen LogP contribution is -2.03. The maximum Gasteiger partial charge on any atom is 0.0499 e. The minimum atomic E-state index is 0.00912. The van der Waals surface area contributed by atoms with Gasteiger partial charge in [0.25, 0.3) is 0 Å². The van der Waals surface area contributed by atoms with Crippen LogP contribution in [0, 0.1) is 13.8 Å². The first-order valence-corrected chi connectivity index (χ1v) is 4.72. The Bertz CT molecular complexity index is 278. The molecule has 0 heterocycles. The maximum absolute atomic E-state index is 9.04. The zero-order valence-electron chi connectivity index (χ0n) is 8.38. The Hall–Kier alpha value is -0.820. The predicted octanol–water partition coefficient (Wildman–Crippen LogP) is 2.47. The van der Waals surface area contributed by atoms with Crippen molar-refractivity contribution in [2.45, 2.75) is 26.2 Å². The van der Waals surface area contributed by atoms with Crippen molar-refractivity contribution < 1.29 is 5.11 Å². The van der Waals surface area contributed by atoms with Gasteiger partial charge < -0.3 is 5.11 Å². The summed E-state index contributed by atoms with van der Waals surface area (Å²) >= 11 is 0. The molecule has 1 atom stereocenters. The van der Waals surface area contributed by atoms with Crippen LogP contribution in [0.25, 0.3) is 0 Å². The molecule has 1 radical (unpaired) electrons. The van der Waals surface area contributed by atoms with Crippen LogP contribution in [-0.4, -0.2) is 11.7 Å². The van der Waals surface area contributed by atoms with Gasteiger partial charge in [0, 0.05) is 12.5 Å². The molecular formula is C12H17O. The molecule has 1 N–H and O–H groups in total. The molecule has 1 rings (SSSR count). The molecule has 71 valence electrons. The summed E-state index contributed by atoms with van der Waals surface area (Å²) in [5.74, 6) is 0.00912. The van der Waals surface area contributed by atoms with Crippen LogP contribution in [0.1, 0.15) is 29.5 Å². The lowest BCUT2D eigenvalue weighted by molar-refractivity contribution is 0.282. The monoisotopic (exact) mass is 177 g/mol. The van der Waals surface area contributed by atoms with E-state index in [1.807, 2.05) is 0 Å². The van der Waals surface area contributed by atoms with Crippen molar-refractivity contribution in [3.05, 3.63) is 41.8 Å². The van der Waals surface area contributed by atoms with E-state index in [2.05, 4.69) is 39.0 Å². The van der Waals surface area contributed by atoms with Crippen molar-refractivity contribution in [2.24, 2.45) is 0 Å². The third kappa shape index (κ3) is 2.31. The third-order valence-electron chi connectivity index (χ3n) is 2.34. The van der Waals surface area contributed by atoms with E-state index < -0.39 is 0 Å². The van der Waals surface area contributed by atoms with E-state index >= 15 is 0 Å². The van der Waals surface area contributed by atoms with Gasteiger partial charge in [0.15, 0.2) is 0 Å². The Morgan fingerprint density at radius 1 is 1.46 bits per heavy atom. The predicted molar refractivity (Wildman–Crippen MR) is 55.7 cm³/mol. The highest BCUT2D eigenvalue weighted by Crippen LogP contribution is 2.21. The number of aryl methyl sites for hydroxylation is 2. The van der Waals surface area contributed by atoms with Gasteiger partial charge in [-0.1, -0.05) is 30.7 Å². The molecule has 1 aromatic rings. The SMILES string of the molecule is [CH2]C(CO)c1cc(C)ccc1CC. The molecule has 0 bridgehead atoms. The number of benzene rings is 1. The average molecular weight is 177 g/mol. The van der Waals surface area contributed by atoms with Gasteiger partial charge in [-0.15, -0.1) is 0 Å². The summed E-state index contributed by atoms with van der Waals surface area (Å²) in [6.07, 6.45) is 1.00. The van der Waals surface area contributed by atoms with Gasteiger partial charge in [0.1, 0.15) is 0 Å². The molecule has 0 amide bonds. The van der Waals surface area contributed by atoms with Crippen LogP contribution in [0.2, 0.25) is 0 Å². The van der Waals surface area contributed by atoms with Gasteiger partial charge in [0.2, 0.25) is 0 Å². The van der Waals surface area contributed by atoms with Crippen LogP contribution in [0.3, 0.4) is 0 Å². The van der Waals surface area contributed by atoms with Crippen molar-refractivity contribution in [1.82, 2.24) is 0 Å². The van der Waals surface area contributed by atoms with Crippen LogP contribution in [0.5, 0.6) is 0 Å². The molecule has 0 saturated heterocycles. The number of hydrogen-bond acceptors (Lipinski definition) is 1. The number of hydrogen-bond donors (Lipinski definition) is 1. The molecule has 0 spiro atoms. The highest BCUT2D eigenvalue weighted by molar-refractivity contribution is 5.34. The summed E-state index contributed by atoms with van der Waals surface area (Å²) in [6, 6.07) is 6.34. The standard InChI is InChI=1S/C12H17O/c1-4-11-6-5-9(2)7-12(11)10(3)8-13/h5-7,10,13H,3-4,8H2,1-2H3. The lowest BCUT2D eigenvalue weighted by Gasteiger charge is -2.13. The van der Waals surface area contributed by atoms with E-state index in [0.717, 1.165) is 6.42 Å². The average Bonchev–Trinajstić information content (AvgIpc) is 2.16. The Balaban J connectivity index is 3.07. The Morgan fingerprint density at radius 3 is 2.69 bits per heavy atom. The first-order chi connectivity index (χ1) is 6.19. The lowest BCUT2D eigenvalue weighted by atomic mass is 9.93. The van der Waals surface area contributed by atoms with Gasteiger partial charge in [-0.05, 0) is 31.4 Å². The fourth-order valence-electron chi connectivity index (χ4n) is 1.51. The normalized spacial score (nSPS) is 12.9. The molecule has 0 aliphatic rings. The smallest absolute Gasteiger partial charge is 0.0499 e. The molecule has 1 aromatic carbocycles. The van der Waals surface area contributed by atoms with Crippen molar-refractivity contribution >= 4 is 0 Å². The molecule has 13 heavy (non-hydrogen) atoms. The fourth-order valence-corrected chi connectivity index (χ4v) is 1.51. The molecule has 1 heteroatoms. The van der Waals surface area contributed by atoms with Crippen LogP contribution in [-0.2, 0) is 6.42 Å². The van der Waals surface area contributed by atoms with E-state index in [1.165, 1.54) is 16.7 Å². The Labute approximate surface area is 80.4 Å². The zero-order valence-corrected chi connectivity index (χ0v) is 8.38. The van der Waals surface area contributed by atoms with Crippen LogP contribution in [0.15, 0.2) is 18.2 Å². The summed E-state index contributed by atoms with van der Waals surface area (Å²) in [6.45, 7) is 8.23. The van der Waals surface area contributed by atoms with Gasteiger partial charge >= 0.3 is 0 Å². The van der Waals surface area contributed by atoms with Gasteiger partial charge in [-0.25, -0.2) is 0 Å². The second-order valence-corrected chi connectivity index (χ2v) is 3.44. The van der Waals surface area contributed by atoms with Crippen LogP contribution >= 0.6 is 0 Å². The Morgan fingerprint density at radius 2 is 2.15 bits per heavy atom. The van der Waals surface area contributed by atoms with E-state index in [-0.39, 0.29) is 12.5 Å². The van der Waals surface area contributed by atoms with Crippen molar-refractivity contribution in [3.63, 3.8) is 0 Å². The van der Waals surface area contributed by atoms with Gasteiger partial charge in [-0.2, -0.15) is 0 Å². The summed E-state index contributed by atoms with van der Waals surface area (Å²) in [7, 11) is 0. The fraction of sp³-hybridized carbons (Fsp3) is 0.417. The minimum Gasteiger partial charge on any atom is -0.396 e. The molecule has 0 aliphatic carbocycles. The first-order valence-electron chi connectivity index (χ1n) is 4.72. The van der Waals surface area contributed by atoms with Crippen LogP contribution in [0.4, 0.5) is 0 Å². The number of aliphatic hydroxyl groups is 1. The van der Waals surface area contributed by atoms with Crippen LogP contribution < -0.4 is 0 Å². The van der Waals surface area contributed by atoms with E-state index in [9.17, 15) is 0 Å². The minimum absolute atomic E-state index is 0.00912. The summed E-state index contributed by atoms with van der Waals surface area (Å²) in [4.78, 5) is 0. The number of aliphatic hydroxyl groups excluding tert-OH is 1. The van der Waals surface area contributed by atoms with Crippen molar-refractivity contribution in [1.29, 1.82) is 0 Å². The maximum atomic E-state index is 9.04. The summed E-state index contributed by atoms with van der Waals surface area (Å²) < 4.78 is 0.